The number of cyclic esters (lactones) is 1. The van der Waals surface area contributed by atoms with Gasteiger partial charge in [-0.05, 0) is 61.4 Å². The second kappa shape index (κ2) is 9.16. The monoisotopic (exact) mass is 431 g/mol. The van der Waals surface area contributed by atoms with Gasteiger partial charge >= 0.3 is 5.97 Å². The summed E-state index contributed by atoms with van der Waals surface area (Å²) in [6.07, 6.45) is 1.62. The number of hydrogen-bond donors (Lipinski definition) is 0. The molecule has 0 amide bonds. The first-order chi connectivity index (χ1) is 13.9. The lowest BCUT2D eigenvalue weighted by atomic mass is 10.1. The maximum absolute atomic E-state index is 12.2. The topological polar surface area (TPSA) is 57.1 Å². The van der Waals surface area contributed by atoms with Gasteiger partial charge in [0.2, 0.25) is 5.90 Å². The highest BCUT2D eigenvalue weighted by molar-refractivity contribution is 6.42. The van der Waals surface area contributed by atoms with E-state index in [0.29, 0.717) is 40.3 Å². The Labute approximate surface area is 179 Å². The van der Waals surface area contributed by atoms with Gasteiger partial charge in [0, 0.05) is 5.56 Å². The van der Waals surface area contributed by atoms with E-state index in [-0.39, 0.29) is 11.6 Å². The average Bonchev–Trinajstić information content (AvgIpc) is 3.04. The standard InChI is InChI=1S/C22H19Cl2NO4/c1-4-27-20-10-14(5-8-19(20)28-12-13(2)3)9-18-22(26)29-21(25-18)15-6-7-16(23)17(24)11-15/h5-11H,2,4,12H2,1,3H3/b18-9-. The Morgan fingerprint density at radius 2 is 1.93 bits per heavy atom. The van der Waals surface area contributed by atoms with E-state index in [9.17, 15) is 4.79 Å². The number of halogens is 2. The SMILES string of the molecule is C=C(C)COc1ccc(/C=C2\N=C(c3ccc(Cl)c(Cl)c3)OC2=O)cc1OCC. The molecule has 7 heteroatoms. The van der Waals surface area contributed by atoms with Crippen LogP contribution in [0.15, 0.2) is 59.2 Å². The number of aliphatic imine (C=N–C) groups is 1. The first kappa shape index (κ1) is 21.0. The van der Waals surface area contributed by atoms with E-state index in [0.717, 1.165) is 11.1 Å². The van der Waals surface area contributed by atoms with Crippen molar-refractivity contribution >= 4 is 41.1 Å². The quantitative estimate of drug-likeness (QED) is 0.320. The Morgan fingerprint density at radius 3 is 2.62 bits per heavy atom. The zero-order valence-electron chi connectivity index (χ0n) is 16.0. The molecule has 1 aliphatic rings. The fraction of sp³-hybridized carbons (Fsp3) is 0.182. The van der Waals surface area contributed by atoms with Gasteiger partial charge in [-0.15, -0.1) is 0 Å². The summed E-state index contributed by atoms with van der Waals surface area (Å²) in [4.78, 5) is 16.5. The van der Waals surface area contributed by atoms with Gasteiger partial charge in [-0.2, -0.15) is 0 Å². The second-order valence-electron chi connectivity index (χ2n) is 6.35. The first-order valence-electron chi connectivity index (χ1n) is 8.89. The van der Waals surface area contributed by atoms with E-state index in [1.54, 1.807) is 36.4 Å². The molecule has 0 spiro atoms. The zero-order valence-corrected chi connectivity index (χ0v) is 17.5. The highest BCUT2D eigenvalue weighted by Crippen LogP contribution is 2.31. The molecule has 0 N–H and O–H groups in total. The molecule has 29 heavy (non-hydrogen) atoms. The van der Waals surface area contributed by atoms with Gasteiger partial charge in [-0.25, -0.2) is 9.79 Å². The van der Waals surface area contributed by atoms with Crippen molar-refractivity contribution in [2.24, 2.45) is 4.99 Å². The number of ether oxygens (including phenoxy) is 3. The Morgan fingerprint density at radius 1 is 1.14 bits per heavy atom. The van der Waals surface area contributed by atoms with Crippen molar-refractivity contribution in [3.8, 4) is 11.5 Å². The zero-order chi connectivity index (χ0) is 21.0. The van der Waals surface area contributed by atoms with Gasteiger partial charge in [0.1, 0.15) is 6.61 Å². The maximum Gasteiger partial charge on any atom is 0.363 e. The molecular weight excluding hydrogens is 413 g/mol. The molecule has 0 radical (unpaired) electrons. The highest BCUT2D eigenvalue weighted by atomic mass is 35.5. The molecule has 0 unspecified atom stereocenters. The van der Waals surface area contributed by atoms with Gasteiger partial charge in [-0.3, -0.25) is 0 Å². The van der Waals surface area contributed by atoms with E-state index in [1.165, 1.54) is 0 Å². The third kappa shape index (κ3) is 5.19. The molecule has 3 rings (SSSR count). The molecule has 0 saturated heterocycles. The Bertz CT molecular complexity index is 1030. The van der Waals surface area contributed by atoms with Gasteiger partial charge in [0.25, 0.3) is 0 Å². The van der Waals surface area contributed by atoms with Crippen LogP contribution in [0.25, 0.3) is 6.08 Å². The summed E-state index contributed by atoms with van der Waals surface area (Å²) in [6, 6.07) is 10.3. The summed E-state index contributed by atoms with van der Waals surface area (Å²) < 4.78 is 16.6. The largest absolute Gasteiger partial charge is 0.490 e. The van der Waals surface area contributed by atoms with Gasteiger partial charge in [0.05, 0.1) is 16.7 Å². The average molecular weight is 432 g/mol. The lowest BCUT2D eigenvalue weighted by Gasteiger charge is -2.12. The van der Waals surface area contributed by atoms with E-state index in [1.807, 2.05) is 19.9 Å². The van der Waals surface area contributed by atoms with Crippen LogP contribution in [0.3, 0.4) is 0 Å². The van der Waals surface area contributed by atoms with Crippen LogP contribution in [-0.4, -0.2) is 25.1 Å². The molecule has 0 bridgehead atoms. The smallest absolute Gasteiger partial charge is 0.363 e. The third-order valence-electron chi connectivity index (χ3n) is 3.83. The minimum absolute atomic E-state index is 0.170. The van der Waals surface area contributed by atoms with Gasteiger partial charge in [0.15, 0.2) is 17.2 Å². The molecular formula is C22H19Cl2NO4. The van der Waals surface area contributed by atoms with Crippen molar-refractivity contribution < 1.29 is 19.0 Å². The molecule has 0 atom stereocenters. The predicted octanol–water partition coefficient (Wildman–Crippen LogP) is 5.69. The molecule has 1 aliphatic heterocycles. The highest BCUT2D eigenvalue weighted by Gasteiger charge is 2.24. The molecule has 5 nitrogen and oxygen atoms in total. The Balaban J connectivity index is 1.89. The third-order valence-corrected chi connectivity index (χ3v) is 4.57. The van der Waals surface area contributed by atoms with Crippen LogP contribution in [0, 0.1) is 0 Å². The summed E-state index contributed by atoms with van der Waals surface area (Å²) in [5, 5.41) is 0.764. The lowest BCUT2D eigenvalue weighted by molar-refractivity contribution is -0.129. The van der Waals surface area contributed by atoms with Gasteiger partial charge in [-0.1, -0.05) is 35.8 Å². The number of hydrogen-bond acceptors (Lipinski definition) is 5. The van der Waals surface area contributed by atoms with Crippen molar-refractivity contribution in [2.45, 2.75) is 13.8 Å². The number of carbonyl (C=O) groups excluding carboxylic acids is 1. The maximum atomic E-state index is 12.2. The predicted molar refractivity (Wildman–Crippen MR) is 115 cm³/mol. The van der Waals surface area contributed by atoms with Crippen molar-refractivity contribution in [1.29, 1.82) is 0 Å². The number of esters is 1. The molecule has 2 aromatic carbocycles. The molecule has 0 fully saturated rings. The Kier molecular flexibility index (Phi) is 6.62. The summed E-state index contributed by atoms with van der Waals surface area (Å²) in [5.74, 6) is 0.798. The van der Waals surface area contributed by atoms with E-state index < -0.39 is 5.97 Å². The first-order valence-corrected chi connectivity index (χ1v) is 9.65. The van der Waals surface area contributed by atoms with Crippen LogP contribution < -0.4 is 9.47 Å². The summed E-state index contributed by atoms with van der Waals surface area (Å²) >= 11 is 12.0. The van der Waals surface area contributed by atoms with Crippen LogP contribution in [0.1, 0.15) is 25.0 Å². The number of benzene rings is 2. The van der Waals surface area contributed by atoms with Crippen molar-refractivity contribution in [3.63, 3.8) is 0 Å². The molecule has 1 heterocycles. The molecule has 0 aliphatic carbocycles. The van der Waals surface area contributed by atoms with Crippen molar-refractivity contribution in [3.05, 3.63) is 75.4 Å². The van der Waals surface area contributed by atoms with Crippen molar-refractivity contribution in [1.82, 2.24) is 0 Å². The minimum Gasteiger partial charge on any atom is -0.490 e. The van der Waals surface area contributed by atoms with Crippen LogP contribution in [0.5, 0.6) is 11.5 Å². The van der Waals surface area contributed by atoms with Crippen LogP contribution in [-0.2, 0) is 9.53 Å². The molecule has 2 aromatic rings. The normalized spacial score (nSPS) is 14.6. The van der Waals surface area contributed by atoms with Crippen LogP contribution >= 0.6 is 23.2 Å². The Hall–Kier alpha value is -2.76. The van der Waals surface area contributed by atoms with E-state index in [4.69, 9.17) is 37.4 Å². The fourth-order valence-electron chi connectivity index (χ4n) is 2.52. The lowest BCUT2D eigenvalue weighted by Crippen LogP contribution is -2.05. The fourth-order valence-corrected chi connectivity index (χ4v) is 2.82. The summed E-state index contributed by atoms with van der Waals surface area (Å²) in [7, 11) is 0. The van der Waals surface area contributed by atoms with E-state index >= 15 is 0 Å². The molecule has 0 aromatic heterocycles. The molecule has 0 saturated carbocycles. The summed E-state index contributed by atoms with van der Waals surface area (Å²) in [5.41, 5.74) is 2.36. The summed E-state index contributed by atoms with van der Waals surface area (Å²) in [6.45, 7) is 8.46. The van der Waals surface area contributed by atoms with Crippen LogP contribution in [0.2, 0.25) is 10.0 Å². The molecule has 150 valence electrons. The van der Waals surface area contributed by atoms with E-state index in [2.05, 4.69) is 11.6 Å². The van der Waals surface area contributed by atoms with Crippen molar-refractivity contribution in [2.75, 3.05) is 13.2 Å². The minimum atomic E-state index is -0.549. The van der Waals surface area contributed by atoms with Crippen LogP contribution in [0.4, 0.5) is 0 Å². The number of rotatable bonds is 7. The number of nitrogens with zero attached hydrogens (tertiary/aromatic N) is 1. The van der Waals surface area contributed by atoms with Gasteiger partial charge < -0.3 is 14.2 Å². The number of carbonyl (C=O) groups is 1. The second-order valence-corrected chi connectivity index (χ2v) is 7.16.